The molecule has 0 fully saturated rings. The molecule has 0 unspecified atom stereocenters. The summed E-state index contributed by atoms with van der Waals surface area (Å²) >= 11 is 4.78. The fourth-order valence-electron chi connectivity index (χ4n) is 4.01. The molecule has 8 nitrogen and oxygen atoms in total. The van der Waals surface area contributed by atoms with Crippen LogP contribution in [0.3, 0.4) is 0 Å². The average Bonchev–Trinajstić information content (AvgIpc) is 3.39. The van der Waals surface area contributed by atoms with E-state index in [1.165, 1.54) is 15.9 Å². The van der Waals surface area contributed by atoms with E-state index in [9.17, 15) is 9.59 Å². The van der Waals surface area contributed by atoms with Crippen LogP contribution in [0.5, 0.6) is 11.5 Å². The Hall–Kier alpha value is -3.11. The van der Waals surface area contributed by atoms with Crippen LogP contribution in [-0.4, -0.2) is 30.4 Å². The van der Waals surface area contributed by atoms with Gasteiger partial charge in [-0.1, -0.05) is 11.3 Å². The number of esters is 1. The third kappa shape index (κ3) is 4.92. The minimum absolute atomic E-state index is 0.205. The first-order valence-electron chi connectivity index (χ1n) is 11.6. The van der Waals surface area contributed by atoms with Gasteiger partial charge in [-0.2, -0.15) is 0 Å². The summed E-state index contributed by atoms with van der Waals surface area (Å²) in [7, 11) is 0. The number of nitrogens with zero attached hydrogens (tertiary/aromatic N) is 2. The highest BCUT2D eigenvalue weighted by Gasteiger charge is 2.35. The minimum Gasteiger partial charge on any atom is -0.493 e. The van der Waals surface area contributed by atoms with E-state index in [1.807, 2.05) is 26.8 Å². The molecule has 0 N–H and O–H groups in total. The number of rotatable bonds is 8. The van der Waals surface area contributed by atoms with Crippen LogP contribution in [0.15, 0.2) is 54.2 Å². The molecule has 0 radical (unpaired) electrons. The lowest BCUT2D eigenvalue weighted by atomic mass is 10.0. The van der Waals surface area contributed by atoms with Gasteiger partial charge in [0.15, 0.2) is 4.80 Å². The number of allylic oxidation sites excluding steroid dienone is 1. The number of thiazole rings is 1. The van der Waals surface area contributed by atoms with Crippen molar-refractivity contribution in [3.63, 3.8) is 0 Å². The molecule has 2 aromatic heterocycles. The molecule has 36 heavy (non-hydrogen) atoms. The highest BCUT2D eigenvalue weighted by Crippen LogP contribution is 2.34. The molecule has 190 valence electrons. The summed E-state index contributed by atoms with van der Waals surface area (Å²) < 4.78 is 25.4. The lowest BCUT2D eigenvalue weighted by molar-refractivity contribution is -0.139. The number of aromatic nitrogens is 1. The summed E-state index contributed by atoms with van der Waals surface area (Å²) in [5.41, 5.74) is 1.19. The molecule has 0 amide bonds. The summed E-state index contributed by atoms with van der Waals surface area (Å²) in [6.07, 6.45) is 1.77. The van der Waals surface area contributed by atoms with Crippen molar-refractivity contribution in [1.29, 1.82) is 0 Å². The molecule has 4 rings (SSSR count). The Morgan fingerprint density at radius 1 is 1.14 bits per heavy atom. The Balaban J connectivity index is 1.93. The molecule has 1 aromatic carbocycles. The fourth-order valence-corrected chi connectivity index (χ4v) is 5.52. The SMILES string of the molecule is CCOC(=O)C1=C(C)N=c2s/c(=C\c3cc(Br)c(OCC)cc3OCC)c(=O)n2[C@@H]1c1ccc(C)o1. The van der Waals surface area contributed by atoms with E-state index in [-0.39, 0.29) is 17.7 Å². The normalized spacial score (nSPS) is 15.5. The number of carbonyl (C=O) groups excluding carboxylic acids is 1. The van der Waals surface area contributed by atoms with Crippen molar-refractivity contribution in [3.05, 3.63) is 76.8 Å². The summed E-state index contributed by atoms with van der Waals surface area (Å²) in [5.74, 6) is 1.86. The highest BCUT2D eigenvalue weighted by molar-refractivity contribution is 9.10. The number of ether oxygens (including phenoxy) is 3. The van der Waals surface area contributed by atoms with Crippen LogP contribution >= 0.6 is 27.3 Å². The number of benzene rings is 1. The summed E-state index contributed by atoms with van der Waals surface area (Å²) in [6, 6.07) is 6.45. The van der Waals surface area contributed by atoms with Crippen molar-refractivity contribution in [2.75, 3.05) is 19.8 Å². The lowest BCUT2D eigenvalue weighted by Crippen LogP contribution is -2.39. The van der Waals surface area contributed by atoms with Crippen molar-refractivity contribution < 1.29 is 23.4 Å². The number of hydrogen-bond donors (Lipinski definition) is 0. The molecule has 0 saturated carbocycles. The van der Waals surface area contributed by atoms with Gasteiger partial charge in [-0.15, -0.1) is 0 Å². The third-order valence-corrected chi connectivity index (χ3v) is 7.10. The second kappa shape index (κ2) is 10.9. The molecule has 3 aromatic rings. The van der Waals surface area contributed by atoms with Gasteiger partial charge in [-0.3, -0.25) is 9.36 Å². The van der Waals surface area contributed by atoms with Gasteiger partial charge in [-0.25, -0.2) is 9.79 Å². The van der Waals surface area contributed by atoms with Gasteiger partial charge in [0.05, 0.1) is 40.1 Å². The van der Waals surface area contributed by atoms with Crippen molar-refractivity contribution >= 4 is 39.3 Å². The van der Waals surface area contributed by atoms with Crippen LogP contribution in [0.4, 0.5) is 0 Å². The first kappa shape index (κ1) is 26.0. The standard InChI is InChI=1S/C26H27BrN2O6S/c1-6-32-19-13-20(33-7-2)17(27)11-16(19)12-21-24(30)29-23(18-10-9-14(4)35-18)22(25(31)34-8-3)15(5)28-26(29)36-21/h9-13,23H,6-8H2,1-5H3/b21-12-/t23-/m1/s1. The number of aryl methyl sites for hydroxylation is 1. The predicted octanol–water partition coefficient (Wildman–Crippen LogP) is 4.26. The summed E-state index contributed by atoms with van der Waals surface area (Å²) in [5, 5.41) is 0. The van der Waals surface area contributed by atoms with Gasteiger partial charge < -0.3 is 18.6 Å². The second-order valence-corrected chi connectivity index (χ2v) is 9.80. The van der Waals surface area contributed by atoms with E-state index in [4.69, 9.17) is 18.6 Å². The monoisotopic (exact) mass is 574 g/mol. The van der Waals surface area contributed by atoms with Crippen LogP contribution in [0.1, 0.15) is 50.8 Å². The van der Waals surface area contributed by atoms with Crippen LogP contribution in [-0.2, 0) is 9.53 Å². The van der Waals surface area contributed by atoms with Gasteiger partial charge in [0.2, 0.25) is 0 Å². The van der Waals surface area contributed by atoms with E-state index >= 15 is 0 Å². The van der Waals surface area contributed by atoms with Gasteiger partial charge >= 0.3 is 5.97 Å². The molecule has 1 atom stereocenters. The Bertz CT molecular complexity index is 1510. The number of fused-ring (bicyclic) bond motifs is 1. The number of furan rings is 1. The Labute approximate surface area is 220 Å². The number of halogens is 1. The smallest absolute Gasteiger partial charge is 0.338 e. The maximum atomic E-state index is 13.8. The Morgan fingerprint density at radius 3 is 2.50 bits per heavy atom. The van der Waals surface area contributed by atoms with Crippen molar-refractivity contribution in [1.82, 2.24) is 4.57 Å². The van der Waals surface area contributed by atoms with Crippen molar-refractivity contribution in [3.8, 4) is 11.5 Å². The number of carbonyl (C=O) groups is 1. The molecule has 3 heterocycles. The zero-order valence-corrected chi connectivity index (χ0v) is 23.1. The third-order valence-electron chi connectivity index (χ3n) is 5.50. The highest BCUT2D eigenvalue weighted by atomic mass is 79.9. The molecule has 0 spiro atoms. The summed E-state index contributed by atoms with van der Waals surface area (Å²) in [4.78, 5) is 31.7. The zero-order valence-electron chi connectivity index (χ0n) is 20.7. The van der Waals surface area contributed by atoms with Crippen molar-refractivity contribution in [2.45, 2.75) is 40.7 Å². The van der Waals surface area contributed by atoms with Gasteiger partial charge in [0.1, 0.15) is 29.1 Å². The first-order valence-corrected chi connectivity index (χ1v) is 13.2. The maximum absolute atomic E-state index is 13.8. The Kier molecular flexibility index (Phi) is 7.85. The van der Waals surface area contributed by atoms with Crippen LogP contribution in [0.2, 0.25) is 0 Å². The van der Waals surface area contributed by atoms with Gasteiger partial charge in [0, 0.05) is 11.6 Å². The lowest BCUT2D eigenvalue weighted by Gasteiger charge is -2.22. The molecule has 0 bridgehead atoms. The van der Waals surface area contributed by atoms with Crippen molar-refractivity contribution in [2.24, 2.45) is 4.99 Å². The van der Waals surface area contributed by atoms with E-state index in [1.54, 1.807) is 38.1 Å². The minimum atomic E-state index is -0.783. The number of hydrogen-bond acceptors (Lipinski definition) is 8. The van der Waals surface area contributed by atoms with Crippen LogP contribution in [0.25, 0.3) is 6.08 Å². The van der Waals surface area contributed by atoms with Gasteiger partial charge in [-0.05, 0) is 74.8 Å². The first-order chi connectivity index (χ1) is 17.3. The Morgan fingerprint density at radius 2 is 1.86 bits per heavy atom. The molecule has 10 heteroatoms. The molecular weight excluding hydrogens is 548 g/mol. The van der Waals surface area contributed by atoms with Gasteiger partial charge in [0.25, 0.3) is 5.56 Å². The van der Waals surface area contributed by atoms with Crippen LogP contribution in [0, 0.1) is 6.92 Å². The van der Waals surface area contributed by atoms with E-state index in [2.05, 4.69) is 20.9 Å². The molecule has 0 saturated heterocycles. The molecule has 1 aliphatic heterocycles. The predicted molar refractivity (Wildman–Crippen MR) is 140 cm³/mol. The second-order valence-electron chi connectivity index (χ2n) is 7.94. The zero-order chi connectivity index (χ0) is 26.0. The van der Waals surface area contributed by atoms with E-state index in [0.717, 1.165) is 4.47 Å². The molecule has 1 aliphatic rings. The maximum Gasteiger partial charge on any atom is 0.338 e. The molecular formula is C26H27BrN2O6S. The fraction of sp³-hybridized carbons (Fsp3) is 0.346. The summed E-state index contributed by atoms with van der Waals surface area (Å²) in [6.45, 7) is 10.3. The largest absolute Gasteiger partial charge is 0.493 e. The topological polar surface area (TPSA) is 92.3 Å². The molecule has 0 aliphatic carbocycles. The quantitative estimate of drug-likeness (QED) is 0.373. The van der Waals surface area contributed by atoms with E-state index in [0.29, 0.717) is 56.8 Å². The van der Waals surface area contributed by atoms with E-state index < -0.39 is 12.0 Å². The van der Waals surface area contributed by atoms with Crippen LogP contribution < -0.4 is 24.4 Å². The average molecular weight is 575 g/mol.